The number of carbonyl (C=O) groups is 2. The van der Waals surface area contributed by atoms with Crippen LogP contribution in [-0.4, -0.2) is 23.1 Å². The average Bonchev–Trinajstić information content (AvgIpc) is 2.91. The Kier molecular flexibility index (Phi) is 5.36. The van der Waals surface area contributed by atoms with Crippen LogP contribution < -0.4 is 15.4 Å². The molecule has 0 atom stereocenters. The van der Waals surface area contributed by atoms with Crippen LogP contribution in [0.15, 0.2) is 30.3 Å². The molecule has 136 valence electrons. The van der Waals surface area contributed by atoms with Crippen LogP contribution in [0, 0.1) is 0 Å². The molecule has 1 aromatic heterocycles. The second-order valence-electron chi connectivity index (χ2n) is 6.38. The maximum absolute atomic E-state index is 12.2. The Balaban J connectivity index is 1.77. The van der Waals surface area contributed by atoms with Crippen molar-refractivity contribution in [2.75, 3.05) is 5.32 Å². The van der Waals surface area contributed by atoms with Gasteiger partial charge in [0.1, 0.15) is 5.00 Å². The minimum Gasteiger partial charge on any atom is -0.425 e. The van der Waals surface area contributed by atoms with Gasteiger partial charge in [0.05, 0.1) is 12.2 Å². The fourth-order valence-electron chi connectivity index (χ4n) is 2.68. The number of nitrogens with one attached hydrogen (secondary N) is 2. The predicted molar refractivity (Wildman–Crippen MR) is 104 cm³/mol. The highest BCUT2D eigenvalue weighted by molar-refractivity contribution is 7.80. The Labute approximate surface area is 160 Å². The second-order valence-corrected chi connectivity index (χ2v) is 7.89. The van der Waals surface area contributed by atoms with Crippen molar-refractivity contribution in [3.8, 4) is 5.75 Å². The van der Waals surface area contributed by atoms with Gasteiger partial charge in [0.15, 0.2) is 10.9 Å². The van der Waals surface area contributed by atoms with E-state index < -0.39 is 0 Å². The number of ether oxygens (including phenoxy) is 2. The molecule has 0 saturated carbocycles. The molecule has 2 N–H and O–H groups in total. The van der Waals surface area contributed by atoms with Gasteiger partial charge in [-0.15, -0.1) is 11.3 Å². The normalized spacial score (nSPS) is 14.8. The van der Waals surface area contributed by atoms with Crippen molar-refractivity contribution in [3.63, 3.8) is 0 Å². The van der Waals surface area contributed by atoms with Gasteiger partial charge in [0, 0.05) is 22.4 Å². The van der Waals surface area contributed by atoms with Crippen molar-refractivity contribution in [1.82, 2.24) is 5.32 Å². The second kappa shape index (κ2) is 7.53. The number of anilines is 1. The molecule has 1 aliphatic heterocycles. The van der Waals surface area contributed by atoms with E-state index >= 15 is 0 Å². The number of carbonyl (C=O) groups excluding carboxylic acids is 2. The molecule has 2 heterocycles. The first-order valence-electron chi connectivity index (χ1n) is 7.96. The lowest BCUT2D eigenvalue weighted by atomic mass is 9.96. The number of benzene rings is 1. The summed E-state index contributed by atoms with van der Waals surface area (Å²) in [4.78, 5) is 24.1. The van der Waals surface area contributed by atoms with Gasteiger partial charge in [-0.2, -0.15) is 0 Å². The minimum atomic E-state index is -0.339. The Morgan fingerprint density at radius 2 is 2.08 bits per heavy atom. The summed E-state index contributed by atoms with van der Waals surface area (Å²) in [5.41, 5.74) is 1.09. The van der Waals surface area contributed by atoms with E-state index in [-0.39, 0.29) is 16.6 Å². The third-order valence-corrected chi connectivity index (χ3v) is 5.20. The molecular formula is C18H18N2O4S2. The topological polar surface area (TPSA) is 76.7 Å². The third kappa shape index (κ3) is 4.09. The maximum Gasteiger partial charge on any atom is 0.298 e. The van der Waals surface area contributed by atoms with Gasteiger partial charge in [-0.3, -0.25) is 14.9 Å². The maximum atomic E-state index is 12.2. The SMILES string of the molecule is CC1(C)Cc2c(sc(NC(=S)NC(=O)c3ccccc3)c2OC=O)CO1. The summed E-state index contributed by atoms with van der Waals surface area (Å²) in [6, 6.07) is 8.77. The van der Waals surface area contributed by atoms with Gasteiger partial charge in [0.25, 0.3) is 12.4 Å². The number of amides is 1. The molecule has 6 nitrogen and oxygen atoms in total. The van der Waals surface area contributed by atoms with E-state index in [0.29, 0.717) is 35.8 Å². The largest absolute Gasteiger partial charge is 0.425 e. The molecule has 8 heteroatoms. The number of thiocarbonyl (C=S) groups is 1. The molecule has 0 spiro atoms. The molecule has 2 aromatic rings. The summed E-state index contributed by atoms with van der Waals surface area (Å²) in [5.74, 6) is 0.124. The van der Waals surface area contributed by atoms with Crippen LogP contribution in [0.2, 0.25) is 0 Å². The lowest BCUT2D eigenvalue weighted by molar-refractivity contribution is -0.120. The monoisotopic (exact) mass is 390 g/mol. The molecule has 0 radical (unpaired) electrons. The van der Waals surface area contributed by atoms with Crippen molar-refractivity contribution in [3.05, 3.63) is 46.3 Å². The summed E-state index contributed by atoms with van der Waals surface area (Å²) in [5, 5.41) is 6.29. The van der Waals surface area contributed by atoms with Crippen LogP contribution in [-0.2, 0) is 22.6 Å². The third-order valence-electron chi connectivity index (χ3n) is 3.89. The van der Waals surface area contributed by atoms with Crippen molar-refractivity contribution in [2.45, 2.75) is 32.5 Å². The summed E-state index contributed by atoms with van der Waals surface area (Å²) in [7, 11) is 0. The number of fused-ring (bicyclic) bond motifs is 1. The van der Waals surface area contributed by atoms with Gasteiger partial charge in [-0.1, -0.05) is 18.2 Å². The zero-order chi connectivity index (χ0) is 18.7. The van der Waals surface area contributed by atoms with Crippen molar-refractivity contribution in [1.29, 1.82) is 0 Å². The fraction of sp³-hybridized carbons (Fsp3) is 0.278. The number of thiophene rings is 1. The zero-order valence-electron chi connectivity index (χ0n) is 14.3. The molecule has 26 heavy (non-hydrogen) atoms. The Morgan fingerprint density at radius 1 is 1.35 bits per heavy atom. The molecule has 1 amide bonds. The van der Waals surface area contributed by atoms with Crippen molar-refractivity contribution in [2.24, 2.45) is 0 Å². The summed E-state index contributed by atoms with van der Waals surface area (Å²) in [6.07, 6.45) is 0.618. The lowest BCUT2D eigenvalue weighted by Gasteiger charge is -2.30. The van der Waals surface area contributed by atoms with Crippen LogP contribution >= 0.6 is 23.6 Å². The zero-order valence-corrected chi connectivity index (χ0v) is 16.0. The smallest absolute Gasteiger partial charge is 0.298 e. The van der Waals surface area contributed by atoms with E-state index in [1.165, 1.54) is 11.3 Å². The Hall–Kier alpha value is -2.29. The molecular weight excluding hydrogens is 372 g/mol. The first-order valence-corrected chi connectivity index (χ1v) is 9.18. The predicted octanol–water partition coefficient (Wildman–Crippen LogP) is 3.26. The first kappa shape index (κ1) is 18.5. The highest BCUT2D eigenvalue weighted by Crippen LogP contribution is 2.45. The standard InChI is InChI=1S/C18H18N2O4S2/c1-18(2)8-12-13(9-24-18)26-16(14(12)23-10-21)20-17(25)19-15(22)11-6-4-3-5-7-11/h3-7,10H,8-9H2,1-2H3,(H2,19,20,22,25). The molecule has 1 aliphatic rings. The van der Waals surface area contributed by atoms with E-state index in [2.05, 4.69) is 10.6 Å². The van der Waals surface area contributed by atoms with Crippen LogP contribution in [0.3, 0.4) is 0 Å². The van der Waals surface area contributed by atoms with Gasteiger partial charge in [0.2, 0.25) is 0 Å². The minimum absolute atomic E-state index is 0.133. The molecule has 0 unspecified atom stereocenters. The van der Waals surface area contributed by atoms with Crippen LogP contribution in [0.5, 0.6) is 5.75 Å². The van der Waals surface area contributed by atoms with Crippen LogP contribution in [0.1, 0.15) is 34.6 Å². The van der Waals surface area contributed by atoms with Gasteiger partial charge in [-0.05, 0) is 38.2 Å². The fourth-order valence-corrected chi connectivity index (χ4v) is 4.01. The van der Waals surface area contributed by atoms with Gasteiger partial charge >= 0.3 is 0 Å². The quantitative estimate of drug-likeness (QED) is 0.616. The number of hydrogen-bond donors (Lipinski definition) is 2. The average molecular weight is 390 g/mol. The van der Waals surface area contributed by atoms with E-state index in [9.17, 15) is 9.59 Å². The molecule has 0 aliphatic carbocycles. The van der Waals surface area contributed by atoms with Gasteiger partial charge < -0.3 is 14.8 Å². The molecule has 0 saturated heterocycles. The van der Waals surface area contributed by atoms with E-state index in [4.69, 9.17) is 21.7 Å². The van der Waals surface area contributed by atoms with Crippen LogP contribution in [0.25, 0.3) is 0 Å². The molecule has 3 rings (SSSR count). The summed E-state index contributed by atoms with van der Waals surface area (Å²) < 4.78 is 11.0. The molecule has 0 bridgehead atoms. The van der Waals surface area contributed by atoms with Crippen LogP contribution in [0.4, 0.5) is 5.00 Å². The van der Waals surface area contributed by atoms with Crippen molar-refractivity contribution < 1.29 is 19.1 Å². The van der Waals surface area contributed by atoms with E-state index in [0.717, 1.165) is 10.4 Å². The highest BCUT2D eigenvalue weighted by Gasteiger charge is 2.32. The number of hydrogen-bond acceptors (Lipinski definition) is 6. The number of rotatable bonds is 4. The Morgan fingerprint density at radius 3 is 2.77 bits per heavy atom. The summed E-state index contributed by atoms with van der Waals surface area (Å²) in [6.45, 7) is 4.79. The highest BCUT2D eigenvalue weighted by atomic mass is 32.1. The first-order chi connectivity index (χ1) is 12.4. The lowest BCUT2D eigenvalue weighted by Crippen LogP contribution is -2.34. The van der Waals surface area contributed by atoms with Gasteiger partial charge in [-0.25, -0.2) is 0 Å². The van der Waals surface area contributed by atoms with E-state index in [1.54, 1.807) is 24.3 Å². The van der Waals surface area contributed by atoms with Crippen molar-refractivity contribution >= 4 is 46.0 Å². The Bertz CT molecular complexity index is 846. The van der Waals surface area contributed by atoms with E-state index in [1.807, 2.05) is 19.9 Å². The molecule has 1 aromatic carbocycles. The molecule has 0 fully saturated rings. The summed E-state index contributed by atoms with van der Waals surface area (Å²) >= 11 is 6.63.